The van der Waals surface area contributed by atoms with Gasteiger partial charge in [0.25, 0.3) is 0 Å². The maximum absolute atomic E-state index is 11.8. The first-order valence-electron chi connectivity index (χ1n) is 17.6. The van der Waals surface area contributed by atoms with E-state index < -0.39 is 0 Å². The number of hydrogen-bond acceptors (Lipinski definition) is 4. The Morgan fingerprint density at radius 3 is 1.22 bits per heavy atom. The molecule has 0 aliphatic heterocycles. The first kappa shape index (κ1) is 34.9. The maximum Gasteiger partial charge on any atom is 0.128 e. The van der Waals surface area contributed by atoms with Crippen molar-refractivity contribution in [3.05, 3.63) is 120 Å². The van der Waals surface area contributed by atoms with Gasteiger partial charge in [0.2, 0.25) is 0 Å². The van der Waals surface area contributed by atoms with Crippen molar-refractivity contribution in [2.24, 2.45) is 0 Å². The number of hydrogen-bond donors (Lipinski definition) is 1. The Hall–Kier alpha value is -3.92. The lowest BCUT2D eigenvalue weighted by Crippen LogP contribution is -2.21. The van der Waals surface area contributed by atoms with Crippen molar-refractivity contribution in [1.82, 2.24) is 0 Å². The van der Waals surface area contributed by atoms with Crippen LogP contribution in [0.2, 0.25) is 0 Å². The van der Waals surface area contributed by atoms with E-state index in [4.69, 9.17) is 14.2 Å². The Kier molecular flexibility index (Phi) is 14.9. The molecule has 0 amide bonds. The molecule has 0 aliphatic rings. The maximum atomic E-state index is 11.8. The molecule has 4 nitrogen and oxygen atoms in total. The van der Waals surface area contributed by atoms with E-state index in [0.29, 0.717) is 0 Å². The Labute approximate surface area is 277 Å². The summed E-state index contributed by atoms with van der Waals surface area (Å²) in [7, 11) is 0. The van der Waals surface area contributed by atoms with E-state index in [1.807, 2.05) is 97.1 Å². The van der Waals surface area contributed by atoms with Gasteiger partial charge in [-0.3, -0.25) is 0 Å². The average molecular weight is 623 g/mol. The molecular weight excluding hydrogens is 568 g/mol. The van der Waals surface area contributed by atoms with E-state index in [0.717, 1.165) is 111 Å². The molecule has 4 aromatic rings. The van der Waals surface area contributed by atoms with Gasteiger partial charge in [-0.05, 0) is 86.6 Å². The molecule has 0 saturated heterocycles. The molecule has 4 rings (SSSR count). The normalized spacial score (nSPS) is 13.1. The fourth-order valence-electron chi connectivity index (χ4n) is 6.15. The van der Waals surface area contributed by atoms with Gasteiger partial charge >= 0.3 is 0 Å². The summed E-state index contributed by atoms with van der Waals surface area (Å²) >= 11 is 0. The summed E-state index contributed by atoms with van der Waals surface area (Å²) in [4.78, 5) is 0. The van der Waals surface area contributed by atoms with Crippen LogP contribution in [0.5, 0.6) is 23.0 Å². The first-order valence-corrected chi connectivity index (χ1v) is 17.6. The number of aromatic hydroxyl groups is 1. The molecule has 0 heterocycles. The molecule has 0 aliphatic carbocycles. The highest BCUT2D eigenvalue weighted by Crippen LogP contribution is 2.45. The van der Waals surface area contributed by atoms with Gasteiger partial charge < -0.3 is 19.3 Å². The number of phenolic OH excluding ortho intramolecular Hbond substituents is 1. The molecule has 0 radical (unpaired) electrons. The van der Waals surface area contributed by atoms with Crippen LogP contribution in [0, 0.1) is 0 Å². The van der Waals surface area contributed by atoms with Crippen LogP contribution in [-0.4, -0.2) is 5.11 Å². The minimum absolute atomic E-state index is 0.204. The number of phenols is 1. The summed E-state index contributed by atoms with van der Waals surface area (Å²) in [6, 6.07) is 34.1. The van der Waals surface area contributed by atoms with Crippen LogP contribution in [-0.2, 0) is 0 Å². The zero-order valence-electron chi connectivity index (χ0n) is 28.2. The van der Waals surface area contributed by atoms with Crippen molar-refractivity contribution in [2.45, 2.75) is 116 Å². The summed E-state index contributed by atoms with van der Waals surface area (Å²) in [5, 5.41) is 11.8. The highest BCUT2D eigenvalue weighted by Gasteiger charge is 2.32. The van der Waals surface area contributed by atoms with Gasteiger partial charge in [-0.1, -0.05) is 120 Å². The lowest BCUT2D eigenvalue weighted by Gasteiger charge is -2.32. The van der Waals surface area contributed by atoms with Crippen LogP contribution >= 0.6 is 0 Å². The van der Waals surface area contributed by atoms with Crippen molar-refractivity contribution in [2.75, 3.05) is 0 Å². The van der Waals surface area contributed by atoms with Gasteiger partial charge in [-0.2, -0.15) is 0 Å². The predicted molar refractivity (Wildman–Crippen MR) is 190 cm³/mol. The summed E-state index contributed by atoms with van der Waals surface area (Å²) in [5.74, 6) is 2.71. The second kappa shape index (κ2) is 19.6. The molecule has 1 N–H and O–H groups in total. The molecule has 4 aromatic carbocycles. The SMILES string of the molecule is CCCCCC(Oc1ccccc1)c1ccc(O)c(C(CCCCC)Oc2ccccc2)c1C(CCCCC)Oc1ccccc1. The molecule has 3 unspecified atom stereocenters. The number of rotatable bonds is 21. The molecule has 3 atom stereocenters. The van der Waals surface area contributed by atoms with E-state index >= 15 is 0 Å². The van der Waals surface area contributed by atoms with Crippen LogP contribution in [0.3, 0.4) is 0 Å². The monoisotopic (exact) mass is 622 g/mol. The van der Waals surface area contributed by atoms with Gasteiger partial charge in [0.05, 0.1) is 0 Å². The Morgan fingerprint density at radius 1 is 0.435 bits per heavy atom. The van der Waals surface area contributed by atoms with Gasteiger partial charge in [-0.25, -0.2) is 0 Å². The summed E-state index contributed by atoms with van der Waals surface area (Å²) in [6.45, 7) is 6.68. The minimum atomic E-state index is -0.343. The zero-order valence-corrected chi connectivity index (χ0v) is 28.2. The Morgan fingerprint density at radius 2 is 0.804 bits per heavy atom. The molecule has 0 aromatic heterocycles. The molecule has 0 fully saturated rings. The van der Waals surface area contributed by atoms with Crippen molar-refractivity contribution < 1.29 is 19.3 Å². The van der Waals surface area contributed by atoms with E-state index in [-0.39, 0.29) is 24.1 Å². The molecule has 4 heteroatoms. The van der Waals surface area contributed by atoms with Crippen LogP contribution in [0.15, 0.2) is 103 Å². The van der Waals surface area contributed by atoms with Gasteiger partial charge in [0.1, 0.15) is 41.3 Å². The van der Waals surface area contributed by atoms with E-state index in [1.165, 1.54) is 0 Å². The van der Waals surface area contributed by atoms with E-state index in [1.54, 1.807) is 0 Å². The lowest BCUT2D eigenvalue weighted by molar-refractivity contribution is 0.153. The average Bonchev–Trinajstić information content (AvgIpc) is 3.08. The highest BCUT2D eigenvalue weighted by molar-refractivity contribution is 5.49. The number of para-hydroxylation sites is 3. The largest absolute Gasteiger partial charge is 0.508 e. The quantitative estimate of drug-likeness (QED) is 0.0939. The minimum Gasteiger partial charge on any atom is -0.508 e. The topological polar surface area (TPSA) is 47.9 Å². The second-order valence-electron chi connectivity index (χ2n) is 12.2. The third-order valence-corrected chi connectivity index (χ3v) is 8.56. The zero-order chi connectivity index (χ0) is 32.4. The molecular formula is C42H54O4. The Balaban J connectivity index is 1.91. The summed E-state index contributed by atoms with van der Waals surface area (Å²) in [5.41, 5.74) is 2.91. The highest BCUT2D eigenvalue weighted by atomic mass is 16.5. The second-order valence-corrected chi connectivity index (χ2v) is 12.2. The number of ether oxygens (including phenoxy) is 3. The van der Waals surface area contributed by atoms with E-state index in [2.05, 4.69) is 26.8 Å². The molecule has 0 bridgehead atoms. The van der Waals surface area contributed by atoms with Crippen LogP contribution in [0.25, 0.3) is 0 Å². The van der Waals surface area contributed by atoms with Crippen molar-refractivity contribution in [1.29, 1.82) is 0 Å². The molecule has 46 heavy (non-hydrogen) atoms. The smallest absolute Gasteiger partial charge is 0.128 e. The summed E-state index contributed by atoms with van der Waals surface area (Å²) < 4.78 is 20.5. The van der Waals surface area contributed by atoms with Crippen molar-refractivity contribution >= 4 is 0 Å². The third-order valence-electron chi connectivity index (χ3n) is 8.56. The fourth-order valence-corrected chi connectivity index (χ4v) is 6.15. The number of benzene rings is 4. The fraction of sp³-hybridized carbons (Fsp3) is 0.429. The number of unbranched alkanes of at least 4 members (excludes halogenated alkanes) is 6. The summed E-state index contributed by atoms with van der Waals surface area (Å²) in [6.07, 6.45) is 11.4. The Bertz CT molecular complexity index is 1370. The van der Waals surface area contributed by atoms with Crippen LogP contribution in [0.1, 0.15) is 133 Å². The predicted octanol–water partition coefficient (Wildman–Crippen LogP) is 12.5. The first-order chi connectivity index (χ1) is 22.6. The van der Waals surface area contributed by atoms with Crippen molar-refractivity contribution in [3.63, 3.8) is 0 Å². The van der Waals surface area contributed by atoms with E-state index in [9.17, 15) is 5.11 Å². The molecule has 0 saturated carbocycles. The lowest BCUT2D eigenvalue weighted by atomic mass is 9.85. The van der Waals surface area contributed by atoms with Gasteiger partial charge in [0, 0.05) is 11.1 Å². The van der Waals surface area contributed by atoms with Crippen LogP contribution in [0.4, 0.5) is 0 Å². The van der Waals surface area contributed by atoms with Gasteiger partial charge in [0.15, 0.2) is 0 Å². The standard InChI is InChI=1S/C42H54O4/c1-4-7-13-28-38(44-33-22-16-10-17-23-33)36-31-32-37(43)42(40(30-15-9-6-3)46-35-26-20-12-21-27-35)41(36)39(29-14-8-5-2)45-34-24-18-11-19-25-34/h10-12,16-27,31-32,38-40,43H,4-9,13-15,28-30H2,1-3H3. The molecule has 246 valence electrons. The van der Waals surface area contributed by atoms with Crippen LogP contribution < -0.4 is 14.2 Å². The third kappa shape index (κ3) is 10.6. The molecule has 0 spiro atoms. The van der Waals surface area contributed by atoms with Crippen molar-refractivity contribution in [3.8, 4) is 23.0 Å². The van der Waals surface area contributed by atoms with Gasteiger partial charge in [-0.15, -0.1) is 0 Å².